The molecule has 0 spiro atoms. The minimum atomic E-state index is -0.401. The van der Waals surface area contributed by atoms with E-state index in [4.69, 9.17) is 9.47 Å². The summed E-state index contributed by atoms with van der Waals surface area (Å²) in [6.07, 6.45) is 7.53. The number of nitrogens with zero attached hydrogens (tertiary/aromatic N) is 1. The quantitative estimate of drug-likeness (QED) is 0.603. The van der Waals surface area contributed by atoms with Crippen molar-refractivity contribution in [3.63, 3.8) is 0 Å². The van der Waals surface area contributed by atoms with Gasteiger partial charge in [-0.25, -0.2) is 9.37 Å². The number of esters is 1. The van der Waals surface area contributed by atoms with Crippen LogP contribution in [0.4, 0.5) is 4.39 Å². The number of thioether (sulfide) groups is 1. The zero-order valence-corrected chi connectivity index (χ0v) is 16.7. The summed E-state index contributed by atoms with van der Waals surface area (Å²) in [5.74, 6) is -0.512. The molecule has 148 valence electrons. The lowest BCUT2D eigenvalue weighted by Gasteiger charge is -2.13. The Morgan fingerprint density at radius 1 is 1.29 bits per heavy atom. The van der Waals surface area contributed by atoms with Gasteiger partial charge in [-0.3, -0.25) is 4.79 Å². The fourth-order valence-electron chi connectivity index (χ4n) is 3.80. The van der Waals surface area contributed by atoms with E-state index >= 15 is 0 Å². The average molecular weight is 402 g/mol. The van der Waals surface area contributed by atoms with Gasteiger partial charge in [-0.1, -0.05) is 25.0 Å². The molecule has 1 aromatic carbocycles. The maximum absolute atomic E-state index is 14.5. The van der Waals surface area contributed by atoms with Crippen molar-refractivity contribution in [3.8, 4) is 5.75 Å². The standard InChI is InChI=1S/C22H24FNO3S/c1-26-22(25)18-12-17(18)14-8-9-20(19(23)11-14)27-13-15-5-4-10-24-21(15)28-16-6-2-3-7-16/h4-5,8-11,16-18H,2-3,6-7,12-13H2,1H3. The Kier molecular flexibility index (Phi) is 5.85. The van der Waals surface area contributed by atoms with Crippen molar-refractivity contribution in [1.82, 2.24) is 4.98 Å². The van der Waals surface area contributed by atoms with Gasteiger partial charge in [0.2, 0.25) is 0 Å². The van der Waals surface area contributed by atoms with E-state index in [2.05, 4.69) is 4.98 Å². The van der Waals surface area contributed by atoms with E-state index in [1.54, 1.807) is 12.3 Å². The number of benzene rings is 1. The summed E-state index contributed by atoms with van der Waals surface area (Å²) in [5.41, 5.74) is 1.80. The summed E-state index contributed by atoms with van der Waals surface area (Å²) in [6, 6.07) is 8.83. The summed E-state index contributed by atoms with van der Waals surface area (Å²) in [4.78, 5) is 16.1. The molecule has 2 aliphatic carbocycles. The predicted octanol–water partition coefficient (Wildman–Crippen LogP) is 5.11. The average Bonchev–Trinajstić information content (AvgIpc) is 3.35. The van der Waals surface area contributed by atoms with Gasteiger partial charge < -0.3 is 9.47 Å². The normalized spacial score (nSPS) is 21.5. The number of aromatic nitrogens is 1. The number of hydrogen-bond donors (Lipinski definition) is 0. The molecule has 6 heteroatoms. The van der Waals surface area contributed by atoms with Gasteiger partial charge in [0, 0.05) is 17.0 Å². The Labute approximate surface area is 168 Å². The molecule has 2 unspecified atom stereocenters. The lowest BCUT2D eigenvalue weighted by Crippen LogP contribution is -2.04. The van der Waals surface area contributed by atoms with Gasteiger partial charge in [0.15, 0.2) is 11.6 Å². The van der Waals surface area contributed by atoms with Gasteiger partial charge >= 0.3 is 5.97 Å². The van der Waals surface area contributed by atoms with Gasteiger partial charge in [-0.2, -0.15) is 0 Å². The Balaban J connectivity index is 1.40. The van der Waals surface area contributed by atoms with E-state index in [0.29, 0.717) is 11.7 Å². The highest BCUT2D eigenvalue weighted by Gasteiger charge is 2.45. The van der Waals surface area contributed by atoms with Crippen molar-refractivity contribution >= 4 is 17.7 Å². The number of carbonyl (C=O) groups is 1. The van der Waals surface area contributed by atoms with Crippen LogP contribution in [0.3, 0.4) is 0 Å². The van der Waals surface area contributed by atoms with Crippen LogP contribution in [0.5, 0.6) is 5.75 Å². The van der Waals surface area contributed by atoms with Crippen LogP contribution >= 0.6 is 11.8 Å². The Morgan fingerprint density at radius 3 is 2.86 bits per heavy atom. The van der Waals surface area contributed by atoms with Crippen LogP contribution in [0, 0.1) is 11.7 Å². The largest absolute Gasteiger partial charge is 0.486 e. The van der Waals surface area contributed by atoms with Crippen LogP contribution in [-0.4, -0.2) is 23.3 Å². The van der Waals surface area contributed by atoms with Crippen LogP contribution in [-0.2, 0) is 16.1 Å². The third-order valence-electron chi connectivity index (χ3n) is 5.49. The molecule has 0 amide bonds. The van der Waals surface area contributed by atoms with Gasteiger partial charge in [-0.05, 0) is 48.9 Å². The summed E-state index contributed by atoms with van der Waals surface area (Å²) < 4.78 is 25.0. The minimum absolute atomic E-state index is 0.0451. The van der Waals surface area contributed by atoms with Crippen molar-refractivity contribution in [3.05, 3.63) is 53.5 Å². The molecule has 2 aromatic rings. The fourth-order valence-corrected chi connectivity index (χ4v) is 5.08. The van der Waals surface area contributed by atoms with Crippen LogP contribution in [0.25, 0.3) is 0 Å². The molecular weight excluding hydrogens is 377 g/mol. The zero-order valence-electron chi connectivity index (χ0n) is 15.9. The first-order valence-corrected chi connectivity index (χ1v) is 10.6. The highest BCUT2D eigenvalue weighted by molar-refractivity contribution is 7.99. The van der Waals surface area contributed by atoms with Crippen molar-refractivity contribution < 1.29 is 18.7 Å². The summed E-state index contributed by atoms with van der Waals surface area (Å²) in [7, 11) is 1.38. The number of pyridine rings is 1. The molecule has 2 aliphatic rings. The predicted molar refractivity (Wildman–Crippen MR) is 106 cm³/mol. The molecule has 2 saturated carbocycles. The van der Waals surface area contributed by atoms with Gasteiger partial charge in [0.25, 0.3) is 0 Å². The van der Waals surface area contributed by atoms with Crippen molar-refractivity contribution in [1.29, 1.82) is 0 Å². The first-order chi connectivity index (χ1) is 13.7. The van der Waals surface area contributed by atoms with Crippen molar-refractivity contribution in [2.24, 2.45) is 5.92 Å². The zero-order chi connectivity index (χ0) is 19.5. The number of halogens is 1. The summed E-state index contributed by atoms with van der Waals surface area (Å²) >= 11 is 1.81. The summed E-state index contributed by atoms with van der Waals surface area (Å²) in [6.45, 7) is 0.285. The maximum atomic E-state index is 14.5. The summed E-state index contributed by atoms with van der Waals surface area (Å²) in [5, 5.41) is 1.59. The topological polar surface area (TPSA) is 48.4 Å². The van der Waals surface area contributed by atoms with E-state index in [0.717, 1.165) is 16.2 Å². The van der Waals surface area contributed by atoms with E-state index in [-0.39, 0.29) is 30.2 Å². The van der Waals surface area contributed by atoms with E-state index in [1.165, 1.54) is 38.9 Å². The molecule has 4 rings (SSSR count). The van der Waals surface area contributed by atoms with Crippen LogP contribution in [0.1, 0.15) is 49.1 Å². The first kappa shape index (κ1) is 19.2. The third-order valence-corrected chi connectivity index (χ3v) is 6.89. The molecule has 1 heterocycles. The molecule has 1 aromatic heterocycles. The number of carbonyl (C=O) groups excluding carboxylic acids is 1. The maximum Gasteiger partial charge on any atom is 0.309 e. The van der Waals surface area contributed by atoms with E-state index in [9.17, 15) is 9.18 Å². The molecule has 0 bridgehead atoms. The first-order valence-electron chi connectivity index (χ1n) is 9.76. The highest BCUT2D eigenvalue weighted by atomic mass is 32.2. The number of rotatable bonds is 7. The fraction of sp³-hybridized carbons (Fsp3) is 0.455. The minimum Gasteiger partial charge on any atom is -0.486 e. The number of ether oxygens (including phenoxy) is 2. The lowest BCUT2D eigenvalue weighted by atomic mass is 10.1. The van der Waals surface area contributed by atoms with Crippen LogP contribution in [0.15, 0.2) is 41.6 Å². The second-order valence-corrected chi connectivity index (χ2v) is 8.73. The van der Waals surface area contributed by atoms with Crippen molar-refractivity contribution in [2.45, 2.75) is 54.9 Å². The van der Waals surface area contributed by atoms with Crippen molar-refractivity contribution in [2.75, 3.05) is 7.11 Å². The molecule has 0 aliphatic heterocycles. The van der Waals surface area contributed by atoms with Crippen LogP contribution in [0.2, 0.25) is 0 Å². The molecular formula is C22H24FNO3S. The van der Waals surface area contributed by atoms with Gasteiger partial charge in [0.1, 0.15) is 11.6 Å². The van der Waals surface area contributed by atoms with Gasteiger partial charge in [0.05, 0.1) is 13.0 Å². The second-order valence-electron chi connectivity index (χ2n) is 7.44. The van der Waals surface area contributed by atoms with E-state index < -0.39 is 5.82 Å². The Bertz CT molecular complexity index is 853. The SMILES string of the molecule is COC(=O)C1CC1c1ccc(OCc2cccnc2SC2CCCC2)c(F)c1. The molecule has 28 heavy (non-hydrogen) atoms. The molecule has 0 saturated heterocycles. The second kappa shape index (κ2) is 8.52. The molecule has 2 fully saturated rings. The van der Waals surface area contributed by atoms with E-state index in [1.807, 2.05) is 30.0 Å². The smallest absolute Gasteiger partial charge is 0.309 e. The Hall–Kier alpha value is -2.08. The number of hydrogen-bond acceptors (Lipinski definition) is 5. The Morgan fingerprint density at radius 2 is 2.11 bits per heavy atom. The third kappa shape index (κ3) is 4.32. The lowest BCUT2D eigenvalue weighted by molar-refractivity contribution is -0.142. The van der Waals surface area contributed by atoms with Gasteiger partial charge in [-0.15, -0.1) is 11.8 Å². The molecule has 0 N–H and O–H groups in total. The van der Waals surface area contributed by atoms with Crippen LogP contribution < -0.4 is 4.74 Å². The molecule has 2 atom stereocenters. The number of methoxy groups -OCH3 is 1. The highest BCUT2D eigenvalue weighted by Crippen LogP contribution is 2.48. The molecule has 4 nitrogen and oxygen atoms in total. The molecule has 0 radical (unpaired) electrons. The monoisotopic (exact) mass is 401 g/mol.